The second-order valence-electron chi connectivity index (χ2n) is 4.07. The van der Waals surface area contributed by atoms with E-state index in [1.54, 1.807) is 11.3 Å². The minimum atomic E-state index is 0.390. The molecular formula is C10H16N4S2. The molecule has 6 heteroatoms. The molecule has 1 aliphatic heterocycles. The van der Waals surface area contributed by atoms with E-state index >= 15 is 0 Å². The first-order chi connectivity index (χ1) is 7.65. The number of rotatable bonds is 3. The molecule has 1 aromatic heterocycles. The Morgan fingerprint density at radius 1 is 1.50 bits per heavy atom. The van der Waals surface area contributed by atoms with Gasteiger partial charge in [0.05, 0.1) is 6.54 Å². The number of hydrogen-bond acceptors (Lipinski definition) is 5. The number of thiazole rings is 1. The highest BCUT2D eigenvalue weighted by atomic mass is 32.1. The van der Waals surface area contributed by atoms with Crippen molar-refractivity contribution < 1.29 is 0 Å². The van der Waals surface area contributed by atoms with Gasteiger partial charge in [0, 0.05) is 31.6 Å². The highest BCUT2D eigenvalue weighted by molar-refractivity contribution is 7.80. The van der Waals surface area contributed by atoms with Crippen molar-refractivity contribution in [3.05, 3.63) is 16.1 Å². The molecule has 1 aliphatic rings. The molecule has 0 spiro atoms. The van der Waals surface area contributed by atoms with Crippen LogP contribution in [0, 0.1) is 0 Å². The lowest BCUT2D eigenvalue weighted by atomic mass is 10.3. The summed E-state index contributed by atoms with van der Waals surface area (Å²) >= 11 is 6.54. The second kappa shape index (κ2) is 5.18. The van der Waals surface area contributed by atoms with Crippen molar-refractivity contribution >= 4 is 28.5 Å². The van der Waals surface area contributed by atoms with Gasteiger partial charge in [-0.3, -0.25) is 4.90 Å². The normalized spacial score (nSPS) is 18.8. The van der Waals surface area contributed by atoms with Crippen LogP contribution >= 0.6 is 23.6 Å². The van der Waals surface area contributed by atoms with Gasteiger partial charge in [-0.2, -0.15) is 0 Å². The van der Waals surface area contributed by atoms with Crippen LogP contribution in [0.3, 0.4) is 0 Å². The summed E-state index contributed by atoms with van der Waals surface area (Å²) in [5, 5.41) is 3.04. The SMILES string of the molecule is CN1CCN(Cc2nc(C(N)=S)cs2)CC1. The van der Waals surface area contributed by atoms with Crippen molar-refractivity contribution in [3.8, 4) is 0 Å². The molecule has 16 heavy (non-hydrogen) atoms. The van der Waals surface area contributed by atoms with E-state index in [0.717, 1.165) is 43.4 Å². The zero-order valence-corrected chi connectivity index (χ0v) is 11.0. The van der Waals surface area contributed by atoms with Gasteiger partial charge in [0.15, 0.2) is 0 Å². The van der Waals surface area contributed by atoms with Crippen LogP contribution in [-0.4, -0.2) is 53.0 Å². The lowest BCUT2D eigenvalue weighted by Crippen LogP contribution is -2.43. The number of piperazine rings is 1. The molecule has 4 nitrogen and oxygen atoms in total. The Labute approximate surface area is 105 Å². The van der Waals surface area contributed by atoms with Crippen LogP contribution in [0.5, 0.6) is 0 Å². The van der Waals surface area contributed by atoms with E-state index in [2.05, 4.69) is 21.8 Å². The maximum atomic E-state index is 5.53. The van der Waals surface area contributed by atoms with Gasteiger partial charge in [-0.05, 0) is 7.05 Å². The topological polar surface area (TPSA) is 45.4 Å². The molecule has 88 valence electrons. The monoisotopic (exact) mass is 256 g/mol. The van der Waals surface area contributed by atoms with Gasteiger partial charge in [-0.15, -0.1) is 11.3 Å². The lowest BCUT2D eigenvalue weighted by Gasteiger charge is -2.31. The first-order valence-corrected chi connectivity index (χ1v) is 6.59. The van der Waals surface area contributed by atoms with Crippen molar-refractivity contribution in [1.82, 2.24) is 14.8 Å². The van der Waals surface area contributed by atoms with E-state index in [9.17, 15) is 0 Å². The van der Waals surface area contributed by atoms with Crippen molar-refractivity contribution in [1.29, 1.82) is 0 Å². The smallest absolute Gasteiger partial charge is 0.123 e. The third-order valence-electron chi connectivity index (χ3n) is 2.76. The molecule has 0 bridgehead atoms. The zero-order valence-electron chi connectivity index (χ0n) is 9.35. The summed E-state index contributed by atoms with van der Waals surface area (Å²) in [6.45, 7) is 5.40. The quantitative estimate of drug-likeness (QED) is 0.799. The van der Waals surface area contributed by atoms with E-state index in [1.807, 2.05) is 5.38 Å². The Kier molecular flexibility index (Phi) is 3.86. The van der Waals surface area contributed by atoms with Crippen LogP contribution in [0.25, 0.3) is 0 Å². The molecule has 0 saturated carbocycles. The molecule has 0 amide bonds. The van der Waals surface area contributed by atoms with E-state index in [1.165, 1.54) is 0 Å². The van der Waals surface area contributed by atoms with Crippen LogP contribution < -0.4 is 5.73 Å². The average Bonchev–Trinajstić information content (AvgIpc) is 2.70. The molecule has 1 aromatic rings. The van der Waals surface area contributed by atoms with Crippen LogP contribution in [0.1, 0.15) is 10.7 Å². The van der Waals surface area contributed by atoms with Crippen LogP contribution in [0.2, 0.25) is 0 Å². The fraction of sp³-hybridized carbons (Fsp3) is 0.600. The lowest BCUT2D eigenvalue weighted by molar-refractivity contribution is 0.148. The standard InChI is InChI=1S/C10H16N4S2/c1-13-2-4-14(5-3-13)6-9-12-8(7-16-9)10(11)15/h7H,2-6H2,1H3,(H2,11,15). The summed E-state index contributed by atoms with van der Waals surface area (Å²) in [6, 6.07) is 0. The Bertz CT molecular complexity index is 369. The Morgan fingerprint density at radius 3 is 2.75 bits per heavy atom. The van der Waals surface area contributed by atoms with Gasteiger partial charge in [-0.1, -0.05) is 12.2 Å². The van der Waals surface area contributed by atoms with E-state index in [-0.39, 0.29) is 0 Å². The number of nitrogens with two attached hydrogens (primary N) is 1. The molecule has 0 atom stereocenters. The van der Waals surface area contributed by atoms with Crippen molar-refractivity contribution in [2.75, 3.05) is 33.2 Å². The minimum Gasteiger partial charge on any atom is -0.388 e. The maximum Gasteiger partial charge on any atom is 0.123 e. The van der Waals surface area contributed by atoms with Gasteiger partial charge < -0.3 is 10.6 Å². The number of hydrogen-bond donors (Lipinski definition) is 1. The Morgan fingerprint density at radius 2 is 2.19 bits per heavy atom. The summed E-state index contributed by atoms with van der Waals surface area (Å²) in [5.74, 6) is 0. The molecule has 1 saturated heterocycles. The van der Waals surface area contributed by atoms with Gasteiger partial charge in [0.2, 0.25) is 0 Å². The van der Waals surface area contributed by atoms with E-state index < -0.39 is 0 Å². The van der Waals surface area contributed by atoms with E-state index in [0.29, 0.717) is 4.99 Å². The van der Waals surface area contributed by atoms with Gasteiger partial charge in [0.1, 0.15) is 15.7 Å². The molecule has 0 unspecified atom stereocenters. The molecule has 2 rings (SSSR count). The highest BCUT2D eigenvalue weighted by Crippen LogP contribution is 2.13. The van der Waals surface area contributed by atoms with Crippen LogP contribution in [0.15, 0.2) is 5.38 Å². The molecule has 1 fully saturated rings. The number of likely N-dealkylation sites (N-methyl/N-ethyl adjacent to an activating group) is 1. The Hall–Kier alpha value is -0.560. The summed E-state index contributed by atoms with van der Waals surface area (Å²) in [6.07, 6.45) is 0. The first kappa shape index (κ1) is 11.9. The fourth-order valence-corrected chi connectivity index (χ4v) is 2.71. The first-order valence-electron chi connectivity index (χ1n) is 5.30. The van der Waals surface area contributed by atoms with Gasteiger partial charge in [0.25, 0.3) is 0 Å². The molecule has 0 radical (unpaired) electrons. The predicted molar refractivity (Wildman–Crippen MR) is 70.8 cm³/mol. The summed E-state index contributed by atoms with van der Waals surface area (Å²) in [4.78, 5) is 9.57. The summed E-state index contributed by atoms with van der Waals surface area (Å²) in [7, 11) is 2.16. The minimum absolute atomic E-state index is 0.390. The summed E-state index contributed by atoms with van der Waals surface area (Å²) < 4.78 is 0. The van der Waals surface area contributed by atoms with E-state index in [4.69, 9.17) is 18.0 Å². The Balaban J connectivity index is 1.91. The second-order valence-corrected chi connectivity index (χ2v) is 5.45. The van der Waals surface area contributed by atoms with Crippen molar-refractivity contribution in [2.45, 2.75) is 6.54 Å². The molecule has 2 N–H and O–H groups in total. The highest BCUT2D eigenvalue weighted by Gasteiger charge is 2.15. The fourth-order valence-electron chi connectivity index (χ4n) is 1.69. The predicted octanol–water partition coefficient (Wildman–Crippen LogP) is 0.525. The van der Waals surface area contributed by atoms with Crippen molar-refractivity contribution in [2.24, 2.45) is 5.73 Å². The molecule has 0 aromatic carbocycles. The number of thiocarbonyl (C=S) groups is 1. The zero-order chi connectivity index (χ0) is 11.5. The average molecular weight is 256 g/mol. The molecule has 2 heterocycles. The molecule has 0 aliphatic carbocycles. The maximum absolute atomic E-state index is 5.53. The van der Waals surface area contributed by atoms with Gasteiger partial charge >= 0.3 is 0 Å². The number of aromatic nitrogens is 1. The van der Waals surface area contributed by atoms with Crippen LogP contribution in [-0.2, 0) is 6.54 Å². The largest absolute Gasteiger partial charge is 0.388 e. The number of nitrogens with zero attached hydrogens (tertiary/aromatic N) is 3. The third kappa shape index (κ3) is 2.98. The molecular weight excluding hydrogens is 240 g/mol. The van der Waals surface area contributed by atoms with Crippen LogP contribution in [0.4, 0.5) is 0 Å². The van der Waals surface area contributed by atoms with Crippen molar-refractivity contribution in [3.63, 3.8) is 0 Å². The third-order valence-corrected chi connectivity index (χ3v) is 3.80. The summed E-state index contributed by atoms with van der Waals surface area (Å²) in [5.41, 5.74) is 6.29. The van der Waals surface area contributed by atoms with Gasteiger partial charge in [-0.25, -0.2) is 4.98 Å².